The predicted molar refractivity (Wildman–Crippen MR) is 151 cm³/mol. The van der Waals surface area contributed by atoms with Crippen LogP contribution in [0.5, 0.6) is 0 Å². The van der Waals surface area contributed by atoms with Gasteiger partial charge in [-0.15, -0.1) is 0 Å². The number of rotatable bonds is 5. The second-order valence-electron chi connectivity index (χ2n) is 12.7. The Morgan fingerprint density at radius 2 is 1.87 bits per heavy atom. The summed E-state index contributed by atoms with van der Waals surface area (Å²) in [6, 6.07) is 10.2. The maximum Gasteiger partial charge on any atom is 0.334 e. The number of aliphatic hydroxyl groups is 2. The summed E-state index contributed by atoms with van der Waals surface area (Å²) in [4.78, 5) is 12.5. The molecule has 1 heterocycles. The SMILES string of the molecule is C=C1/C(=C\C=C2/CCC[C@]3(C)[C@@H]([C@H](C)C[C@H]4OC(=O)C(=C)[C@@H]4c4ccccc4)CC[C@@H]23)C[C@@H](O)[C@H](C)[C@@H]1O. The van der Waals surface area contributed by atoms with Crippen molar-refractivity contribution in [1.82, 2.24) is 0 Å². The van der Waals surface area contributed by atoms with Crippen molar-refractivity contribution in [1.29, 1.82) is 0 Å². The first kappa shape index (κ1) is 27.1. The number of hydrogen-bond donors (Lipinski definition) is 2. The molecule has 4 aliphatic rings. The Morgan fingerprint density at radius 1 is 1.13 bits per heavy atom. The highest BCUT2D eigenvalue weighted by Gasteiger charge is 2.52. The van der Waals surface area contributed by atoms with E-state index in [1.165, 1.54) is 31.3 Å². The molecule has 9 atom stereocenters. The van der Waals surface area contributed by atoms with E-state index in [4.69, 9.17) is 4.74 Å². The van der Waals surface area contributed by atoms with Crippen LogP contribution in [0, 0.1) is 29.1 Å². The number of carbonyl (C=O) groups is 1. The zero-order chi connectivity index (χ0) is 27.2. The van der Waals surface area contributed by atoms with Crippen LogP contribution >= 0.6 is 0 Å². The Bertz CT molecular complexity index is 1150. The van der Waals surface area contributed by atoms with E-state index in [0.717, 1.165) is 29.6 Å². The fourth-order valence-corrected chi connectivity index (χ4v) is 8.28. The van der Waals surface area contributed by atoms with E-state index in [1.54, 1.807) is 0 Å². The van der Waals surface area contributed by atoms with Crippen molar-refractivity contribution < 1.29 is 19.7 Å². The molecule has 2 N–H and O–H groups in total. The third kappa shape index (κ3) is 4.75. The minimum atomic E-state index is -0.683. The molecule has 1 saturated heterocycles. The molecule has 0 bridgehead atoms. The normalized spacial score (nSPS) is 40.4. The quantitative estimate of drug-likeness (QED) is 0.339. The summed E-state index contributed by atoms with van der Waals surface area (Å²) in [6.07, 6.45) is 10.3. The minimum absolute atomic E-state index is 0.0680. The van der Waals surface area contributed by atoms with Crippen molar-refractivity contribution in [3.63, 3.8) is 0 Å². The van der Waals surface area contributed by atoms with Crippen LogP contribution in [0.2, 0.25) is 0 Å². The van der Waals surface area contributed by atoms with Crippen LogP contribution in [-0.2, 0) is 9.53 Å². The number of hydrogen-bond acceptors (Lipinski definition) is 4. The van der Waals surface area contributed by atoms with E-state index < -0.39 is 12.2 Å². The molecule has 0 unspecified atom stereocenters. The maximum absolute atomic E-state index is 12.5. The molecule has 3 aliphatic carbocycles. The van der Waals surface area contributed by atoms with E-state index in [9.17, 15) is 15.0 Å². The molecule has 4 fully saturated rings. The first-order valence-electron chi connectivity index (χ1n) is 14.5. The van der Waals surface area contributed by atoms with Gasteiger partial charge in [-0.3, -0.25) is 0 Å². The van der Waals surface area contributed by atoms with Crippen molar-refractivity contribution in [3.8, 4) is 0 Å². The zero-order valence-electron chi connectivity index (χ0n) is 23.2. The number of allylic oxidation sites excluding steroid dienone is 3. The molecule has 0 amide bonds. The van der Waals surface area contributed by atoms with Gasteiger partial charge in [-0.05, 0) is 84.8 Å². The number of carbonyl (C=O) groups excluding carboxylic acids is 1. The molecule has 3 saturated carbocycles. The molecule has 1 aliphatic heterocycles. The number of aliphatic hydroxyl groups excluding tert-OH is 2. The Balaban J connectivity index is 1.32. The van der Waals surface area contributed by atoms with E-state index in [1.807, 2.05) is 25.1 Å². The summed E-state index contributed by atoms with van der Waals surface area (Å²) in [7, 11) is 0. The minimum Gasteiger partial charge on any atom is -0.458 e. The Kier molecular flexibility index (Phi) is 7.59. The van der Waals surface area contributed by atoms with Gasteiger partial charge in [0.15, 0.2) is 0 Å². The highest BCUT2D eigenvalue weighted by Crippen LogP contribution is 2.60. The van der Waals surface area contributed by atoms with Crippen LogP contribution in [-0.4, -0.2) is 34.5 Å². The number of esters is 1. The molecule has 4 heteroatoms. The summed E-state index contributed by atoms with van der Waals surface area (Å²) in [5.74, 6) is 1.04. The monoisotopic (exact) mass is 516 g/mol. The van der Waals surface area contributed by atoms with Crippen molar-refractivity contribution in [2.24, 2.45) is 29.1 Å². The lowest BCUT2D eigenvalue weighted by molar-refractivity contribution is -0.139. The maximum atomic E-state index is 12.5. The van der Waals surface area contributed by atoms with Gasteiger partial charge in [0.05, 0.1) is 18.1 Å². The molecular weight excluding hydrogens is 472 g/mol. The van der Waals surface area contributed by atoms with Gasteiger partial charge in [-0.1, -0.05) is 82.0 Å². The highest BCUT2D eigenvalue weighted by atomic mass is 16.6. The van der Waals surface area contributed by atoms with Crippen LogP contribution in [0.1, 0.15) is 77.2 Å². The summed E-state index contributed by atoms with van der Waals surface area (Å²) in [5.41, 5.74) is 5.13. The molecule has 1 aromatic rings. The second-order valence-corrected chi connectivity index (χ2v) is 12.7. The number of cyclic esters (lactones) is 1. The molecule has 38 heavy (non-hydrogen) atoms. The van der Waals surface area contributed by atoms with Crippen LogP contribution in [0.3, 0.4) is 0 Å². The van der Waals surface area contributed by atoms with Gasteiger partial charge >= 0.3 is 5.97 Å². The van der Waals surface area contributed by atoms with Gasteiger partial charge in [-0.2, -0.15) is 0 Å². The van der Waals surface area contributed by atoms with Crippen molar-refractivity contribution in [2.75, 3.05) is 0 Å². The zero-order valence-corrected chi connectivity index (χ0v) is 23.2. The lowest BCUT2D eigenvalue weighted by atomic mass is 9.60. The lowest BCUT2D eigenvalue weighted by Crippen LogP contribution is -2.37. The summed E-state index contributed by atoms with van der Waals surface area (Å²) in [5, 5.41) is 20.9. The molecule has 0 aromatic heterocycles. The summed E-state index contributed by atoms with van der Waals surface area (Å²) in [6.45, 7) is 14.9. The molecule has 1 aromatic carbocycles. The third-order valence-electron chi connectivity index (χ3n) is 10.6. The first-order chi connectivity index (χ1) is 18.1. The van der Waals surface area contributed by atoms with Crippen LogP contribution in [0.4, 0.5) is 0 Å². The highest BCUT2D eigenvalue weighted by molar-refractivity contribution is 5.92. The number of fused-ring (bicyclic) bond motifs is 1. The van der Waals surface area contributed by atoms with Gasteiger partial charge in [0.1, 0.15) is 6.10 Å². The van der Waals surface area contributed by atoms with Crippen molar-refractivity contribution >= 4 is 5.97 Å². The van der Waals surface area contributed by atoms with Gasteiger partial charge in [-0.25, -0.2) is 4.79 Å². The second kappa shape index (κ2) is 10.6. The van der Waals surface area contributed by atoms with Gasteiger partial charge in [0.2, 0.25) is 0 Å². The fourth-order valence-electron chi connectivity index (χ4n) is 8.28. The molecule has 4 nitrogen and oxygen atoms in total. The predicted octanol–water partition coefficient (Wildman–Crippen LogP) is 6.67. The van der Waals surface area contributed by atoms with Crippen LogP contribution in [0.15, 0.2) is 77.9 Å². The lowest BCUT2D eigenvalue weighted by Gasteiger charge is -2.45. The van der Waals surface area contributed by atoms with E-state index in [0.29, 0.717) is 29.7 Å². The van der Waals surface area contributed by atoms with E-state index in [2.05, 4.69) is 51.3 Å². The van der Waals surface area contributed by atoms with Gasteiger partial charge in [0.25, 0.3) is 0 Å². The van der Waals surface area contributed by atoms with Gasteiger partial charge < -0.3 is 14.9 Å². The smallest absolute Gasteiger partial charge is 0.334 e. The van der Waals surface area contributed by atoms with Crippen molar-refractivity contribution in [3.05, 3.63) is 83.5 Å². The van der Waals surface area contributed by atoms with Crippen LogP contribution < -0.4 is 0 Å². The van der Waals surface area contributed by atoms with Crippen molar-refractivity contribution in [2.45, 2.75) is 89.9 Å². The number of benzene rings is 1. The third-order valence-corrected chi connectivity index (χ3v) is 10.6. The average molecular weight is 517 g/mol. The van der Waals surface area contributed by atoms with E-state index in [-0.39, 0.29) is 29.3 Å². The Morgan fingerprint density at radius 3 is 2.61 bits per heavy atom. The average Bonchev–Trinajstić information content (AvgIpc) is 3.40. The standard InChI is InChI=1S/C34H44O4/c1-20(18-30-31(23(4)33(37)38-30)25-10-7-6-8-11-25)27-15-16-28-24(12-9-17-34(27,28)5)13-14-26-19-29(35)22(3)32(36)21(26)2/h6-8,10-11,13-14,20,22,27-32,35-36H,2,4,9,12,15-19H2,1,3,5H3/b24-13+,26-14-/t20-,22+,27-,28+,29-,30-,31-,32-,34-/m1/s1. The Hall–Kier alpha value is -2.43. The van der Waals surface area contributed by atoms with E-state index >= 15 is 0 Å². The summed E-state index contributed by atoms with van der Waals surface area (Å²) < 4.78 is 5.89. The molecular formula is C34H44O4. The Labute approximate surface area is 228 Å². The van der Waals surface area contributed by atoms with Crippen LogP contribution in [0.25, 0.3) is 0 Å². The number of ether oxygens (including phenoxy) is 1. The fraction of sp³-hybridized carbons (Fsp3) is 0.559. The molecule has 0 spiro atoms. The first-order valence-corrected chi connectivity index (χ1v) is 14.5. The molecule has 5 rings (SSSR count). The van der Waals surface area contributed by atoms with Gasteiger partial charge in [0, 0.05) is 11.5 Å². The molecule has 0 radical (unpaired) electrons. The largest absolute Gasteiger partial charge is 0.458 e. The molecule has 204 valence electrons. The topological polar surface area (TPSA) is 66.8 Å². The summed E-state index contributed by atoms with van der Waals surface area (Å²) >= 11 is 0.